The van der Waals surface area contributed by atoms with Crippen LogP contribution < -0.4 is 25.0 Å². The van der Waals surface area contributed by atoms with Crippen LogP contribution in [0.1, 0.15) is 37.6 Å². The largest absolute Gasteiger partial charge is 0.497 e. The van der Waals surface area contributed by atoms with Gasteiger partial charge in [-0.25, -0.2) is 0 Å². The van der Waals surface area contributed by atoms with Crippen molar-refractivity contribution in [3.63, 3.8) is 0 Å². The van der Waals surface area contributed by atoms with Gasteiger partial charge in [0.1, 0.15) is 11.5 Å². The van der Waals surface area contributed by atoms with E-state index in [4.69, 9.17) is 9.47 Å². The third-order valence-electron chi connectivity index (χ3n) is 5.08. The summed E-state index contributed by atoms with van der Waals surface area (Å²) < 4.78 is 10.6. The Morgan fingerprint density at radius 1 is 1.03 bits per heavy atom. The molecule has 1 unspecified atom stereocenters. The molecule has 8 heteroatoms. The summed E-state index contributed by atoms with van der Waals surface area (Å²) in [5.41, 5.74) is 1.30. The van der Waals surface area contributed by atoms with Crippen molar-refractivity contribution in [2.45, 2.75) is 32.7 Å². The van der Waals surface area contributed by atoms with Gasteiger partial charge < -0.3 is 25.0 Å². The van der Waals surface area contributed by atoms with Gasteiger partial charge in [0.25, 0.3) is 5.91 Å². The number of carbonyl (C=O) groups is 3. The summed E-state index contributed by atoms with van der Waals surface area (Å²) in [6.07, 6.45) is 0.0955. The van der Waals surface area contributed by atoms with Crippen LogP contribution in [0.5, 0.6) is 11.5 Å². The van der Waals surface area contributed by atoms with Gasteiger partial charge in [-0.05, 0) is 57.2 Å². The number of nitrogens with zero attached hydrogens (tertiary/aromatic N) is 1. The van der Waals surface area contributed by atoms with Crippen LogP contribution >= 0.6 is 0 Å². The van der Waals surface area contributed by atoms with Gasteiger partial charge in [0, 0.05) is 35.8 Å². The minimum Gasteiger partial charge on any atom is -0.497 e. The molecule has 8 nitrogen and oxygen atoms in total. The zero-order valence-corrected chi connectivity index (χ0v) is 19.0. The number of methoxy groups -OCH3 is 2. The Morgan fingerprint density at radius 2 is 1.72 bits per heavy atom. The standard InChI is InChI=1S/C24H29N3O5/c1-24(2,3)26-23(30)15-6-8-17(9-7-15)25-22(29)16-12-21(28)27(14-16)19-13-18(31-4)10-11-20(19)32-5/h6-11,13,16H,12,14H2,1-5H3,(H,25,29)(H,26,30). The van der Waals surface area contributed by atoms with Crippen molar-refractivity contribution >= 4 is 29.1 Å². The Morgan fingerprint density at radius 3 is 2.31 bits per heavy atom. The molecule has 0 aliphatic carbocycles. The summed E-state index contributed by atoms with van der Waals surface area (Å²) in [6.45, 7) is 5.96. The van der Waals surface area contributed by atoms with Crippen molar-refractivity contribution in [2.75, 3.05) is 31.0 Å². The molecule has 0 bridgehead atoms. The van der Waals surface area contributed by atoms with Gasteiger partial charge >= 0.3 is 0 Å². The van der Waals surface area contributed by atoms with E-state index < -0.39 is 5.92 Å². The van der Waals surface area contributed by atoms with E-state index in [1.165, 1.54) is 7.11 Å². The number of nitrogens with one attached hydrogen (secondary N) is 2. The average Bonchev–Trinajstić information content (AvgIpc) is 3.14. The minimum atomic E-state index is -0.512. The Labute approximate surface area is 187 Å². The van der Waals surface area contributed by atoms with E-state index in [0.29, 0.717) is 28.4 Å². The predicted octanol–water partition coefficient (Wildman–Crippen LogP) is 3.22. The quantitative estimate of drug-likeness (QED) is 0.720. The maximum Gasteiger partial charge on any atom is 0.251 e. The molecular weight excluding hydrogens is 410 g/mol. The number of ether oxygens (including phenoxy) is 2. The summed E-state index contributed by atoms with van der Waals surface area (Å²) in [6, 6.07) is 11.9. The Kier molecular flexibility index (Phi) is 6.72. The molecule has 3 rings (SSSR count). The second kappa shape index (κ2) is 9.30. The SMILES string of the molecule is COc1ccc(OC)c(N2CC(C(=O)Nc3ccc(C(=O)NC(C)(C)C)cc3)CC2=O)c1. The smallest absolute Gasteiger partial charge is 0.251 e. The lowest BCUT2D eigenvalue weighted by atomic mass is 10.1. The van der Waals surface area contributed by atoms with E-state index in [1.807, 2.05) is 20.8 Å². The number of carbonyl (C=O) groups excluding carboxylic acids is 3. The Balaban J connectivity index is 1.67. The molecule has 1 saturated heterocycles. The molecule has 1 atom stereocenters. The van der Waals surface area contributed by atoms with Gasteiger partial charge in [-0.1, -0.05) is 0 Å². The van der Waals surface area contributed by atoms with Gasteiger partial charge in [-0.2, -0.15) is 0 Å². The number of anilines is 2. The summed E-state index contributed by atoms with van der Waals surface area (Å²) in [4.78, 5) is 39.2. The van der Waals surface area contributed by atoms with Crippen molar-refractivity contribution in [1.29, 1.82) is 0 Å². The lowest BCUT2D eigenvalue weighted by Crippen LogP contribution is -2.40. The van der Waals surface area contributed by atoms with E-state index in [2.05, 4.69) is 10.6 Å². The minimum absolute atomic E-state index is 0.0955. The highest BCUT2D eigenvalue weighted by Crippen LogP contribution is 2.36. The van der Waals surface area contributed by atoms with Gasteiger partial charge in [0.2, 0.25) is 11.8 Å². The second-order valence-electron chi connectivity index (χ2n) is 8.71. The van der Waals surface area contributed by atoms with Gasteiger partial charge in [-0.3, -0.25) is 14.4 Å². The number of benzene rings is 2. The monoisotopic (exact) mass is 439 g/mol. The van der Waals surface area contributed by atoms with E-state index in [9.17, 15) is 14.4 Å². The van der Waals surface area contributed by atoms with Gasteiger partial charge in [0.15, 0.2) is 0 Å². The first kappa shape index (κ1) is 23.1. The summed E-state index contributed by atoms with van der Waals surface area (Å²) in [7, 11) is 3.08. The molecule has 2 aromatic rings. The van der Waals surface area contributed by atoms with Crippen LogP contribution in [0.2, 0.25) is 0 Å². The first-order chi connectivity index (χ1) is 15.1. The van der Waals surface area contributed by atoms with Gasteiger partial charge in [-0.15, -0.1) is 0 Å². The third-order valence-corrected chi connectivity index (χ3v) is 5.08. The average molecular weight is 440 g/mol. The van der Waals surface area contributed by atoms with Crippen LogP contribution in [0.3, 0.4) is 0 Å². The molecule has 1 heterocycles. The molecule has 1 aliphatic rings. The fraction of sp³-hybridized carbons (Fsp3) is 0.375. The molecule has 32 heavy (non-hydrogen) atoms. The number of rotatable bonds is 6. The molecule has 0 spiro atoms. The van der Waals surface area contributed by atoms with E-state index in [-0.39, 0.29) is 36.2 Å². The normalized spacial score (nSPS) is 16.0. The Hall–Kier alpha value is -3.55. The zero-order chi connectivity index (χ0) is 23.5. The summed E-state index contributed by atoms with van der Waals surface area (Å²) >= 11 is 0. The maximum absolute atomic E-state index is 12.8. The maximum atomic E-state index is 12.8. The fourth-order valence-electron chi connectivity index (χ4n) is 3.49. The van der Waals surface area contributed by atoms with Crippen LogP contribution in [0, 0.1) is 5.92 Å². The molecule has 0 radical (unpaired) electrons. The first-order valence-electron chi connectivity index (χ1n) is 10.4. The Bertz CT molecular complexity index is 1010. The van der Waals surface area contributed by atoms with Crippen molar-refractivity contribution in [2.24, 2.45) is 5.92 Å². The van der Waals surface area contributed by atoms with E-state index >= 15 is 0 Å². The predicted molar refractivity (Wildman–Crippen MR) is 122 cm³/mol. The highest BCUT2D eigenvalue weighted by Gasteiger charge is 2.36. The molecule has 1 aliphatic heterocycles. The third kappa shape index (κ3) is 5.38. The summed E-state index contributed by atoms with van der Waals surface area (Å²) in [5.74, 6) is 0.0174. The molecule has 2 aromatic carbocycles. The van der Waals surface area contributed by atoms with Crippen molar-refractivity contribution in [1.82, 2.24) is 5.32 Å². The molecule has 0 aromatic heterocycles. The second-order valence-corrected chi connectivity index (χ2v) is 8.71. The van der Waals surface area contributed by atoms with E-state index in [1.54, 1.807) is 54.5 Å². The fourth-order valence-corrected chi connectivity index (χ4v) is 3.49. The molecule has 170 valence electrons. The van der Waals surface area contributed by atoms with E-state index in [0.717, 1.165) is 0 Å². The van der Waals surface area contributed by atoms with Crippen molar-refractivity contribution in [3.8, 4) is 11.5 Å². The van der Waals surface area contributed by atoms with Crippen LogP contribution in [0.15, 0.2) is 42.5 Å². The highest BCUT2D eigenvalue weighted by atomic mass is 16.5. The topological polar surface area (TPSA) is 97.0 Å². The number of amides is 3. The number of hydrogen-bond acceptors (Lipinski definition) is 5. The van der Waals surface area contributed by atoms with Crippen LogP contribution in [-0.2, 0) is 9.59 Å². The van der Waals surface area contributed by atoms with Gasteiger partial charge in [0.05, 0.1) is 25.8 Å². The van der Waals surface area contributed by atoms with Crippen molar-refractivity contribution < 1.29 is 23.9 Å². The highest BCUT2D eigenvalue weighted by molar-refractivity contribution is 6.04. The lowest BCUT2D eigenvalue weighted by molar-refractivity contribution is -0.122. The first-order valence-corrected chi connectivity index (χ1v) is 10.4. The van der Waals surface area contributed by atoms with Crippen LogP contribution in [0.25, 0.3) is 0 Å². The molecule has 3 amide bonds. The zero-order valence-electron chi connectivity index (χ0n) is 19.0. The lowest BCUT2D eigenvalue weighted by Gasteiger charge is -2.20. The molecule has 2 N–H and O–H groups in total. The molecule has 1 fully saturated rings. The van der Waals surface area contributed by atoms with Crippen LogP contribution in [-0.4, -0.2) is 44.0 Å². The van der Waals surface area contributed by atoms with Crippen LogP contribution in [0.4, 0.5) is 11.4 Å². The summed E-state index contributed by atoms with van der Waals surface area (Å²) in [5, 5.41) is 5.73. The molecule has 0 saturated carbocycles. The number of hydrogen-bond donors (Lipinski definition) is 2. The van der Waals surface area contributed by atoms with Crippen molar-refractivity contribution in [3.05, 3.63) is 48.0 Å². The molecular formula is C24H29N3O5.